The maximum atomic E-state index is 4.46. The molecule has 0 saturated carbocycles. The summed E-state index contributed by atoms with van der Waals surface area (Å²) in [6, 6.07) is 0. The highest BCUT2D eigenvalue weighted by Crippen LogP contribution is 2.13. The first kappa shape index (κ1) is 16.6. The predicted octanol–water partition coefficient (Wildman–Crippen LogP) is 2.40. The molecule has 0 bridgehead atoms. The number of halogens is 1. The standard InChI is InChI=1S/C11H20N4S.HI/c1-4-9-7-14-10(16-9)8-15-11(12-5-2)13-6-3;/h7H,4-6,8H2,1-3H3,(H2,12,13,15);1H. The molecule has 1 aromatic heterocycles. The quantitative estimate of drug-likeness (QED) is 0.477. The molecule has 17 heavy (non-hydrogen) atoms. The fraction of sp³-hybridized carbons (Fsp3) is 0.636. The van der Waals surface area contributed by atoms with E-state index in [9.17, 15) is 0 Å². The van der Waals surface area contributed by atoms with E-state index in [4.69, 9.17) is 0 Å². The number of hydrogen-bond acceptors (Lipinski definition) is 3. The monoisotopic (exact) mass is 368 g/mol. The van der Waals surface area contributed by atoms with Crippen molar-refractivity contribution < 1.29 is 0 Å². The first-order chi connectivity index (χ1) is 7.80. The van der Waals surface area contributed by atoms with Crippen molar-refractivity contribution in [2.45, 2.75) is 33.7 Å². The number of nitrogens with one attached hydrogen (secondary N) is 2. The molecule has 0 aliphatic carbocycles. The smallest absolute Gasteiger partial charge is 0.191 e. The summed E-state index contributed by atoms with van der Waals surface area (Å²) in [5.41, 5.74) is 0. The zero-order valence-corrected chi connectivity index (χ0v) is 13.8. The maximum Gasteiger partial charge on any atom is 0.191 e. The Bertz CT molecular complexity index is 330. The molecule has 0 aliphatic rings. The number of aryl methyl sites for hydroxylation is 1. The van der Waals surface area contributed by atoms with Gasteiger partial charge in [0.15, 0.2) is 5.96 Å². The van der Waals surface area contributed by atoms with Crippen LogP contribution in [0.2, 0.25) is 0 Å². The molecule has 6 heteroatoms. The fourth-order valence-electron chi connectivity index (χ4n) is 1.24. The molecule has 0 atom stereocenters. The first-order valence-corrected chi connectivity index (χ1v) is 6.57. The van der Waals surface area contributed by atoms with Gasteiger partial charge in [0.2, 0.25) is 0 Å². The molecule has 0 radical (unpaired) electrons. The van der Waals surface area contributed by atoms with Crippen molar-refractivity contribution in [2.75, 3.05) is 13.1 Å². The molecule has 0 fully saturated rings. The summed E-state index contributed by atoms with van der Waals surface area (Å²) in [6.07, 6.45) is 2.99. The minimum atomic E-state index is 0. The van der Waals surface area contributed by atoms with Gasteiger partial charge in [-0.15, -0.1) is 35.3 Å². The van der Waals surface area contributed by atoms with E-state index in [0.717, 1.165) is 30.5 Å². The molecule has 1 aromatic rings. The van der Waals surface area contributed by atoms with Gasteiger partial charge in [0, 0.05) is 24.2 Å². The summed E-state index contributed by atoms with van der Waals surface area (Å²) in [6.45, 7) is 8.67. The van der Waals surface area contributed by atoms with Gasteiger partial charge < -0.3 is 10.6 Å². The Morgan fingerprint density at radius 1 is 1.29 bits per heavy atom. The van der Waals surface area contributed by atoms with E-state index in [1.54, 1.807) is 11.3 Å². The van der Waals surface area contributed by atoms with E-state index in [-0.39, 0.29) is 24.0 Å². The average molecular weight is 368 g/mol. The Balaban J connectivity index is 0.00000256. The Hall–Kier alpha value is -0.370. The lowest BCUT2D eigenvalue weighted by atomic mass is 10.4. The van der Waals surface area contributed by atoms with Crippen LogP contribution < -0.4 is 10.6 Å². The number of aliphatic imine (C=N–C) groups is 1. The first-order valence-electron chi connectivity index (χ1n) is 5.75. The van der Waals surface area contributed by atoms with Crippen molar-refractivity contribution in [2.24, 2.45) is 4.99 Å². The van der Waals surface area contributed by atoms with Gasteiger partial charge in [-0.05, 0) is 20.3 Å². The second-order valence-corrected chi connectivity index (χ2v) is 4.50. The molecular weight excluding hydrogens is 347 g/mol. The summed E-state index contributed by atoms with van der Waals surface area (Å²) < 4.78 is 0. The molecule has 0 saturated heterocycles. The van der Waals surface area contributed by atoms with E-state index in [1.165, 1.54) is 4.88 Å². The van der Waals surface area contributed by atoms with Crippen LogP contribution in [0.5, 0.6) is 0 Å². The van der Waals surface area contributed by atoms with Gasteiger partial charge in [-0.3, -0.25) is 0 Å². The molecule has 98 valence electrons. The van der Waals surface area contributed by atoms with Crippen LogP contribution in [0.3, 0.4) is 0 Å². The third kappa shape index (κ3) is 6.21. The summed E-state index contributed by atoms with van der Waals surface area (Å²) >= 11 is 1.74. The highest BCUT2D eigenvalue weighted by molar-refractivity contribution is 14.0. The van der Waals surface area contributed by atoms with Crippen molar-refractivity contribution in [3.8, 4) is 0 Å². The molecule has 0 spiro atoms. The van der Waals surface area contributed by atoms with Crippen LogP contribution in [0, 0.1) is 0 Å². The Morgan fingerprint density at radius 2 is 1.94 bits per heavy atom. The molecule has 2 N–H and O–H groups in total. The highest BCUT2D eigenvalue weighted by atomic mass is 127. The van der Waals surface area contributed by atoms with E-state index in [0.29, 0.717) is 6.54 Å². The van der Waals surface area contributed by atoms with Crippen LogP contribution in [0.4, 0.5) is 0 Å². The molecule has 4 nitrogen and oxygen atoms in total. The van der Waals surface area contributed by atoms with Crippen molar-refractivity contribution >= 4 is 41.3 Å². The van der Waals surface area contributed by atoms with Crippen LogP contribution in [0.25, 0.3) is 0 Å². The number of guanidine groups is 1. The van der Waals surface area contributed by atoms with Crippen molar-refractivity contribution in [1.82, 2.24) is 15.6 Å². The van der Waals surface area contributed by atoms with Gasteiger partial charge in [0.25, 0.3) is 0 Å². The lowest BCUT2D eigenvalue weighted by Crippen LogP contribution is -2.36. The minimum absolute atomic E-state index is 0. The second kappa shape index (κ2) is 9.64. The minimum Gasteiger partial charge on any atom is -0.357 e. The van der Waals surface area contributed by atoms with Crippen molar-refractivity contribution in [1.29, 1.82) is 0 Å². The molecule has 1 heterocycles. The van der Waals surface area contributed by atoms with E-state index in [1.807, 2.05) is 6.20 Å². The van der Waals surface area contributed by atoms with Gasteiger partial charge >= 0.3 is 0 Å². The molecule has 0 unspecified atom stereocenters. The van der Waals surface area contributed by atoms with E-state index >= 15 is 0 Å². The van der Waals surface area contributed by atoms with Gasteiger partial charge in [0.1, 0.15) is 5.01 Å². The Kier molecular flexibility index (Phi) is 9.43. The highest BCUT2D eigenvalue weighted by Gasteiger charge is 2.00. The third-order valence-electron chi connectivity index (χ3n) is 2.01. The number of rotatable bonds is 5. The molecule has 0 amide bonds. The third-order valence-corrected chi connectivity index (χ3v) is 3.14. The van der Waals surface area contributed by atoms with E-state index < -0.39 is 0 Å². The molecular formula is C11H21IN4S. The van der Waals surface area contributed by atoms with Crippen molar-refractivity contribution in [3.05, 3.63) is 16.1 Å². The van der Waals surface area contributed by atoms with Crippen LogP contribution in [0.15, 0.2) is 11.2 Å². The summed E-state index contributed by atoms with van der Waals surface area (Å²) in [7, 11) is 0. The lowest BCUT2D eigenvalue weighted by Gasteiger charge is -2.08. The fourth-order valence-corrected chi connectivity index (χ4v) is 2.03. The predicted molar refractivity (Wildman–Crippen MR) is 85.4 cm³/mol. The van der Waals surface area contributed by atoms with Crippen LogP contribution in [-0.2, 0) is 13.0 Å². The normalized spacial score (nSPS) is 9.35. The van der Waals surface area contributed by atoms with Gasteiger partial charge in [0.05, 0.1) is 6.54 Å². The van der Waals surface area contributed by atoms with Gasteiger partial charge in [-0.1, -0.05) is 6.92 Å². The Labute approximate surface area is 124 Å². The van der Waals surface area contributed by atoms with Crippen LogP contribution in [-0.4, -0.2) is 24.0 Å². The second-order valence-electron chi connectivity index (χ2n) is 3.30. The molecule has 1 rings (SSSR count). The van der Waals surface area contributed by atoms with Crippen molar-refractivity contribution in [3.63, 3.8) is 0 Å². The summed E-state index contributed by atoms with van der Waals surface area (Å²) in [5, 5.41) is 7.45. The van der Waals surface area contributed by atoms with Crippen LogP contribution >= 0.6 is 35.3 Å². The maximum absolute atomic E-state index is 4.46. The zero-order valence-electron chi connectivity index (χ0n) is 10.6. The largest absolute Gasteiger partial charge is 0.357 e. The zero-order chi connectivity index (χ0) is 11.8. The Morgan fingerprint density at radius 3 is 2.41 bits per heavy atom. The average Bonchev–Trinajstić information content (AvgIpc) is 2.74. The van der Waals surface area contributed by atoms with E-state index in [2.05, 4.69) is 41.4 Å². The SMILES string of the molecule is CCNC(=NCc1ncc(CC)s1)NCC.I. The number of aromatic nitrogens is 1. The summed E-state index contributed by atoms with van der Waals surface area (Å²) in [4.78, 5) is 10.1. The van der Waals surface area contributed by atoms with Gasteiger partial charge in [-0.25, -0.2) is 9.98 Å². The summed E-state index contributed by atoms with van der Waals surface area (Å²) in [5.74, 6) is 0.859. The molecule has 0 aliphatic heterocycles. The van der Waals surface area contributed by atoms with Gasteiger partial charge in [-0.2, -0.15) is 0 Å². The number of hydrogen-bond donors (Lipinski definition) is 2. The number of thiazole rings is 1. The molecule has 0 aromatic carbocycles. The topological polar surface area (TPSA) is 49.3 Å². The van der Waals surface area contributed by atoms with Crippen LogP contribution in [0.1, 0.15) is 30.7 Å². The lowest BCUT2D eigenvalue weighted by molar-refractivity contribution is 0.838. The number of nitrogens with zero attached hydrogens (tertiary/aromatic N) is 2.